The van der Waals surface area contributed by atoms with Gasteiger partial charge in [-0.25, -0.2) is 0 Å². The maximum absolute atomic E-state index is 12.9. The summed E-state index contributed by atoms with van der Waals surface area (Å²) in [4.78, 5) is 18.3. The van der Waals surface area contributed by atoms with Crippen molar-refractivity contribution in [3.05, 3.63) is 76.6 Å². The molecule has 1 atom stereocenters. The first-order valence-electron chi connectivity index (χ1n) is 10.2. The molecule has 0 spiro atoms. The Morgan fingerprint density at radius 2 is 2.00 bits per heavy atom. The summed E-state index contributed by atoms with van der Waals surface area (Å²) in [5, 5.41) is 11.7. The maximum atomic E-state index is 12.9. The number of carbonyl (C=O) groups excluding carboxylic acids is 1. The Morgan fingerprint density at radius 3 is 2.77 bits per heavy atom. The highest BCUT2D eigenvalue weighted by atomic mass is 16.6. The number of hydrogen-bond acceptors (Lipinski definition) is 5. The molecule has 1 aliphatic rings. The average Bonchev–Trinajstić information content (AvgIpc) is 3.35. The molecule has 0 bridgehead atoms. The van der Waals surface area contributed by atoms with E-state index >= 15 is 0 Å². The molecule has 1 amide bonds. The summed E-state index contributed by atoms with van der Waals surface area (Å²) in [7, 11) is 1.61. The smallest absolute Gasteiger partial charge is 0.268 e. The van der Waals surface area contributed by atoms with Crippen molar-refractivity contribution in [3.8, 4) is 5.75 Å². The molecule has 160 valence electrons. The SMILES string of the molecule is COc1ccccc1C1=NOC(C(=O)Nc2c(C)nn(Cc3cccc(C)c3)c2C)C1. The van der Waals surface area contributed by atoms with Crippen LogP contribution in [-0.2, 0) is 16.2 Å². The quantitative estimate of drug-likeness (QED) is 0.656. The van der Waals surface area contributed by atoms with Crippen LogP contribution in [0.15, 0.2) is 53.7 Å². The number of amides is 1. The number of ether oxygens (including phenoxy) is 1. The summed E-state index contributed by atoms with van der Waals surface area (Å²) in [6.45, 7) is 6.56. The molecule has 1 unspecified atom stereocenters. The molecule has 0 fully saturated rings. The monoisotopic (exact) mass is 418 g/mol. The molecule has 31 heavy (non-hydrogen) atoms. The zero-order valence-electron chi connectivity index (χ0n) is 18.2. The van der Waals surface area contributed by atoms with E-state index in [0.717, 1.165) is 22.5 Å². The zero-order valence-corrected chi connectivity index (χ0v) is 18.2. The van der Waals surface area contributed by atoms with E-state index in [9.17, 15) is 4.79 Å². The van der Waals surface area contributed by atoms with Crippen LogP contribution in [0.25, 0.3) is 0 Å². The van der Waals surface area contributed by atoms with Crippen molar-refractivity contribution >= 4 is 17.3 Å². The Hall–Kier alpha value is -3.61. The van der Waals surface area contributed by atoms with Gasteiger partial charge in [0.05, 0.1) is 36.4 Å². The number of para-hydroxylation sites is 1. The topological polar surface area (TPSA) is 77.7 Å². The van der Waals surface area contributed by atoms with Gasteiger partial charge < -0.3 is 14.9 Å². The number of aromatic nitrogens is 2. The molecule has 1 aromatic heterocycles. The first-order valence-corrected chi connectivity index (χ1v) is 10.2. The van der Waals surface area contributed by atoms with E-state index in [1.807, 2.05) is 48.9 Å². The molecule has 0 saturated heterocycles. The second-order valence-corrected chi connectivity index (χ2v) is 7.72. The van der Waals surface area contributed by atoms with Gasteiger partial charge in [-0.2, -0.15) is 5.10 Å². The summed E-state index contributed by atoms with van der Waals surface area (Å²) in [6, 6.07) is 15.9. The Labute approximate surface area is 181 Å². The summed E-state index contributed by atoms with van der Waals surface area (Å²) in [6.07, 6.45) is -0.319. The van der Waals surface area contributed by atoms with Crippen molar-refractivity contribution in [2.45, 2.75) is 39.8 Å². The maximum Gasteiger partial charge on any atom is 0.268 e. The number of anilines is 1. The standard InChI is InChI=1S/C24H26N4O3/c1-15-8-7-9-18(12-15)14-28-17(3)23(16(2)26-28)25-24(29)22-13-20(27-31-22)19-10-5-6-11-21(19)30-4/h5-12,22H,13-14H2,1-4H3,(H,25,29). The molecule has 3 aromatic rings. The number of rotatable bonds is 6. The summed E-state index contributed by atoms with van der Waals surface area (Å²) < 4.78 is 7.30. The van der Waals surface area contributed by atoms with E-state index in [-0.39, 0.29) is 5.91 Å². The normalized spacial score (nSPS) is 15.4. The lowest BCUT2D eigenvalue weighted by atomic mass is 10.0. The number of oxime groups is 1. The Morgan fingerprint density at radius 1 is 1.19 bits per heavy atom. The van der Waals surface area contributed by atoms with Crippen molar-refractivity contribution in [2.75, 3.05) is 12.4 Å². The predicted molar refractivity (Wildman–Crippen MR) is 120 cm³/mol. The van der Waals surface area contributed by atoms with Gasteiger partial charge in [0.25, 0.3) is 5.91 Å². The highest BCUT2D eigenvalue weighted by Crippen LogP contribution is 2.26. The van der Waals surface area contributed by atoms with E-state index in [0.29, 0.717) is 30.1 Å². The molecule has 1 N–H and O–H groups in total. The largest absolute Gasteiger partial charge is 0.496 e. The van der Waals surface area contributed by atoms with E-state index in [4.69, 9.17) is 9.57 Å². The van der Waals surface area contributed by atoms with Gasteiger partial charge in [-0.3, -0.25) is 9.48 Å². The van der Waals surface area contributed by atoms with Crippen LogP contribution in [-0.4, -0.2) is 34.6 Å². The predicted octanol–water partition coefficient (Wildman–Crippen LogP) is 4.00. The average molecular weight is 418 g/mol. The van der Waals surface area contributed by atoms with Crippen LogP contribution >= 0.6 is 0 Å². The molecule has 0 saturated carbocycles. The summed E-state index contributed by atoms with van der Waals surface area (Å²) in [5.74, 6) is 0.463. The van der Waals surface area contributed by atoms with Crippen molar-refractivity contribution < 1.29 is 14.4 Å². The molecule has 4 rings (SSSR count). The number of methoxy groups -OCH3 is 1. The van der Waals surface area contributed by atoms with E-state index in [2.05, 4.69) is 40.7 Å². The Kier molecular flexibility index (Phi) is 5.75. The van der Waals surface area contributed by atoms with E-state index in [1.165, 1.54) is 5.56 Å². The third-order valence-corrected chi connectivity index (χ3v) is 5.42. The molecule has 7 heteroatoms. The fourth-order valence-electron chi connectivity index (χ4n) is 3.78. The van der Waals surface area contributed by atoms with Gasteiger partial charge in [0.1, 0.15) is 5.75 Å². The third-order valence-electron chi connectivity index (χ3n) is 5.42. The number of nitrogens with zero attached hydrogens (tertiary/aromatic N) is 3. The van der Waals surface area contributed by atoms with Gasteiger partial charge in [0, 0.05) is 12.0 Å². The number of carbonyl (C=O) groups is 1. The minimum Gasteiger partial charge on any atom is -0.496 e. The van der Waals surface area contributed by atoms with Gasteiger partial charge in [0.2, 0.25) is 6.10 Å². The lowest BCUT2D eigenvalue weighted by Gasteiger charge is -2.11. The molecule has 2 heterocycles. The molecule has 0 aliphatic carbocycles. The molecular formula is C24H26N4O3. The molecule has 0 radical (unpaired) electrons. The van der Waals surface area contributed by atoms with Crippen LogP contribution in [0.4, 0.5) is 5.69 Å². The van der Waals surface area contributed by atoms with E-state index in [1.54, 1.807) is 7.11 Å². The molecular weight excluding hydrogens is 392 g/mol. The first kappa shape index (κ1) is 20.7. The van der Waals surface area contributed by atoms with Crippen LogP contribution in [0.5, 0.6) is 5.75 Å². The second-order valence-electron chi connectivity index (χ2n) is 7.72. The van der Waals surface area contributed by atoms with Gasteiger partial charge >= 0.3 is 0 Å². The Balaban J connectivity index is 1.45. The van der Waals surface area contributed by atoms with Crippen LogP contribution in [0.3, 0.4) is 0 Å². The van der Waals surface area contributed by atoms with Crippen molar-refractivity contribution in [1.82, 2.24) is 9.78 Å². The van der Waals surface area contributed by atoms with E-state index < -0.39 is 6.10 Å². The first-order chi connectivity index (χ1) is 15.0. The molecule has 1 aliphatic heterocycles. The second kappa shape index (κ2) is 8.63. The van der Waals surface area contributed by atoms with Crippen molar-refractivity contribution in [1.29, 1.82) is 0 Å². The van der Waals surface area contributed by atoms with Crippen LogP contribution in [0, 0.1) is 20.8 Å². The fourth-order valence-corrected chi connectivity index (χ4v) is 3.78. The van der Waals surface area contributed by atoms with Crippen LogP contribution < -0.4 is 10.1 Å². The fraction of sp³-hybridized carbons (Fsp3) is 0.292. The van der Waals surface area contributed by atoms with Gasteiger partial charge in [0.15, 0.2) is 0 Å². The van der Waals surface area contributed by atoms with Crippen LogP contribution in [0.2, 0.25) is 0 Å². The van der Waals surface area contributed by atoms with Crippen molar-refractivity contribution in [2.24, 2.45) is 5.16 Å². The minimum atomic E-state index is -0.696. The van der Waals surface area contributed by atoms with Gasteiger partial charge in [-0.1, -0.05) is 47.1 Å². The Bertz CT molecular complexity index is 1150. The summed E-state index contributed by atoms with van der Waals surface area (Å²) >= 11 is 0. The number of nitrogens with one attached hydrogen (secondary N) is 1. The zero-order chi connectivity index (χ0) is 22.0. The number of hydrogen-bond donors (Lipinski definition) is 1. The van der Waals surface area contributed by atoms with Gasteiger partial charge in [-0.05, 0) is 38.5 Å². The molecule has 2 aromatic carbocycles. The highest BCUT2D eigenvalue weighted by Gasteiger charge is 2.31. The van der Waals surface area contributed by atoms with Crippen molar-refractivity contribution in [3.63, 3.8) is 0 Å². The number of aryl methyl sites for hydroxylation is 2. The van der Waals surface area contributed by atoms with Crippen LogP contribution in [0.1, 0.15) is 34.5 Å². The lowest BCUT2D eigenvalue weighted by Crippen LogP contribution is -2.28. The molecule has 7 nitrogen and oxygen atoms in total. The third kappa shape index (κ3) is 4.30. The minimum absolute atomic E-state index is 0.241. The lowest BCUT2D eigenvalue weighted by molar-refractivity contribution is -0.125. The summed E-state index contributed by atoms with van der Waals surface area (Å²) in [5.41, 5.74) is 6.28. The number of benzene rings is 2. The van der Waals surface area contributed by atoms with Gasteiger partial charge in [-0.15, -0.1) is 0 Å². The highest BCUT2D eigenvalue weighted by molar-refractivity contribution is 6.07.